The Morgan fingerprint density at radius 2 is 1.96 bits per heavy atom. The van der Waals surface area contributed by atoms with Crippen molar-refractivity contribution in [2.45, 2.75) is 0 Å². The number of hydrogen-bond donors (Lipinski definition) is 1. The van der Waals surface area contributed by atoms with Gasteiger partial charge in [0.15, 0.2) is 12.2 Å². The van der Waals surface area contributed by atoms with Crippen molar-refractivity contribution in [3.8, 4) is 11.5 Å². The van der Waals surface area contributed by atoms with Crippen LogP contribution in [0.3, 0.4) is 0 Å². The zero-order valence-electron chi connectivity index (χ0n) is 12.1. The predicted molar refractivity (Wildman–Crippen MR) is 96.7 cm³/mol. The minimum absolute atomic E-state index is 0.274. The summed E-state index contributed by atoms with van der Waals surface area (Å²) in [6.45, 7) is 0. The van der Waals surface area contributed by atoms with Gasteiger partial charge in [0, 0.05) is 11.9 Å². The molecule has 0 aliphatic carbocycles. The molecule has 0 aromatic heterocycles. The number of halogens is 1. The molecule has 0 aliphatic heterocycles. The second-order valence-corrected chi connectivity index (χ2v) is 4.51. The first-order valence-corrected chi connectivity index (χ1v) is 8.78. The summed E-state index contributed by atoms with van der Waals surface area (Å²) in [6, 6.07) is 14.9. The van der Waals surface area contributed by atoms with Crippen LogP contribution < -0.4 is 10.1 Å². The fourth-order valence-electron chi connectivity index (χ4n) is 1.65. The number of nitrogens with zero attached hydrogens (tertiary/aromatic N) is 2. The minimum atomic E-state index is 0.274. The van der Waals surface area contributed by atoms with E-state index in [0.717, 1.165) is 5.69 Å². The van der Waals surface area contributed by atoms with Crippen LogP contribution in [0.25, 0.3) is 5.43 Å². The number of methoxy groups -OCH3 is 1. The average molecular weight is 444 g/mol. The Morgan fingerprint density at radius 1 is 1.26 bits per heavy atom. The zero-order chi connectivity index (χ0) is 17.1. The van der Waals surface area contributed by atoms with Crippen molar-refractivity contribution in [3.63, 3.8) is 0 Å². The summed E-state index contributed by atoms with van der Waals surface area (Å²) >= 11 is 6.43. The summed E-state index contributed by atoms with van der Waals surface area (Å²) in [4.78, 5) is 0. The maximum atomic E-state index is 7.91. The molecule has 0 aliphatic rings. The summed E-state index contributed by atoms with van der Waals surface area (Å²) < 4.78 is 5.08. The molecule has 0 unspecified atom stereocenters. The third kappa shape index (κ3) is 6.55. The number of nitrogens with one attached hydrogen (secondary N) is 1. The molecule has 0 spiro atoms. The normalized spacial score (nSPS) is 9.74. The van der Waals surface area contributed by atoms with E-state index in [9.17, 15) is 0 Å². The molecule has 0 saturated heterocycles. The third-order valence-electron chi connectivity index (χ3n) is 2.66. The molecule has 8 heteroatoms. The molecule has 2 rings (SSSR count). The van der Waals surface area contributed by atoms with Gasteiger partial charge in [0.05, 0.1) is 12.7 Å². The zero-order valence-corrected chi connectivity index (χ0v) is 15.3. The second kappa shape index (κ2) is 11.0. The number of benzene rings is 2. The number of para-hydroxylation sites is 2. The van der Waals surface area contributed by atoms with Gasteiger partial charge in [-0.05, 0) is 24.3 Å². The van der Waals surface area contributed by atoms with E-state index in [1.165, 1.54) is 13.3 Å². The Labute approximate surface area is 155 Å². The van der Waals surface area contributed by atoms with Crippen molar-refractivity contribution < 1.29 is 28.0 Å². The van der Waals surface area contributed by atoms with Crippen molar-refractivity contribution in [3.05, 3.63) is 59.5 Å². The Balaban J connectivity index is 0.00000127. The van der Waals surface area contributed by atoms with Crippen LogP contribution in [0.2, 0.25) is 0 Å². The standard InChI is InChI=1S/C15H15N3O2S.ClH.Pd/c1-20-13-9-5-6-11(14(13)19)10-16-18-15(21)17-12-7-3-2-4-8-12;;/h2-10H,1H3,(H3,16,17,18,19,21);1H;/q;;+2. The summed E-state index contributed by atoms with van der Waals surface area (Å²) in [5, 5.41) is 15.2. The summed E-state index contributed by atoms with van der Waals surface area (Å²) in [5.41, 5.74) is 5.43. The number of anilines is 1. The Hall–Kier alpha value is -1.65. The molecule has 23 heavy (non-hydrogen) atoms. The van der Waals surface area contributed by atoms with Gasteiger partial charge in [0.1, 0.15) is 0 Å². The van der Waals surface area contributed by atoms with Crippen molar-refractivity contribution >= 4 is 38.8 Å². The molecule has 124 valence electrons. The average Bonchev–Trinajstić information content (AvgIpc) is 2.59. The molecule has 0 radical (unpaired) electrons. The number of hydrogen-bond acceptors (Lipinski definition) is 2. The van der Waals surface area contributed by atoms with Crippen molar-refractivity contribution in [1.29, 1.82) is 0 Å². The van der Waals surface area contributed by atoms with Crippen LogP contribution in [0.1, 0.15) is 5.56 Å². The van der Waals surface area contributed by atoms with Gasteiger partial charge in [0.25, 0.3) is 0 Å². The van der Waals surface area contributed by atoms with E-state index >= 15 is 0 Å². The van der Waals surface area contributed by atoms with Crippen molar-refractivity contribution in [2.24, 2.45) is 5.10 Å². The Bertz CT molecular complexity index is 656. The van der Waals surface area contributed by atoms with E-state index in [1.807, 2.05) is 30.3 Å². The van der Waals surface area contributed by atoms with E-state index in [-0.39, 0.29) is 5.75 Å². The van der Waals surface area contributed by atoms with Crippen LogP contribution in [-0.4, -0.2) is 23.5 Å². The molecule has 2 aromatic rings. The maximum absolute atomic E-state index is 7.91. The quantitative estimate of drug-likeness (QED) is 0.197. The van der Waals surface area contributed by atoms with Gasteiger partial charge in [-0.1, -0.05) is 24.3 Å². The van der Waals surface area contributed by atoms with E-state index in [0.29, 0.717) is 16.4 Å². The van der Waals surface area contributed by atoms with Gasteiger partial charge in [-0.3, -0.25) is 0 Å². The monoisotopic (exact) mass is 443 g/mol. The van der Waals surface area contributed by atoms with Crippen molar-refractivity contribution in [1.82, 2.24) is 0 Å². The molecule has 0 fully saturated rings. The first kappa shape index (κ1) is 19.4. The van der Waals surface area contributed by atoms with Crippen LogP contribution in [0, 0.1) is 0 Å². The van der Waals surface area contributed by atoms with E-state index < -0.39 is 0 Å². The van der Waals surface area contributed by atoms with Crippen LogP contribution in [0.4, 0.5) is 5.69 Å². The van der Waals surface area contributed by atoms with Gasteiger partial charge < -0.3 is 25.7 Å². The van der Waals surface area contributed by atoms with E-state index in [4.69, 9.17) is 9.84 Å². The number of ether oxygens (including phenoxy) is 1. The number of thiol groups is 1. The fourth-order valence-corrected chi connectivity index (χ4v) is 1.83. The molecule has 0 heterocycles. The first-order valence-electron chi connectivity index (χ1n) is 6.33. The fraction of sp³-hybridized carbons (Fsp3) is 0.0667. The molecule has 0 bridgehead atoms. The van der Waals surface area contributed by atoms with Gasteiger partial charge >= 0.3 is 33.5 Å². The van der Waals surface area contributed by atoms with E-state index in [1.54, 1.807) is 18.2 Å². The van der Waals surface area contributed by atoms with Gasteiger partial charge in [0.2, 0.25) is 10.9 Å². The van der Waals surface area contributed by atoms with Gasteiger partial charge in [-0.25, -0.2) is 0 Å². The second-order valence-electron chi connectivity index (χ2n) is 4.08. The molecule has 0 saturated carbocycles. The Kier molecular flexibility index (Phi) is 9.26. The van der Waals surface area contributed by atoms with E-state index in [2.05, 4.69) is 55.8 Å². The van der Waals surface area contributed by atoms with Crippen LogP contribution in [0.15, 0.2) is 53.6 Å². The molecule has 5 nitrogen and oxygen atoms in total. The molecule has 0 amide bonds. The van der Waals surface area contributed by atoms with Crippen molar-refractivity contribution in [2.75, 3.05) is 12.4 Å². The molecule has 3 N–H and O–H groups in total. The van der Waals surface area contributed by atoms with Crippen LogP contribution >= 0.6 is 9.53 Å². The van der Waals surface area contributed by atoms with Gasteiger partial charge in [-0.2, -0.15) is 0 Å². The Morgan fingerprint density at radius 3 is 2.61 bits per heavy atom. The molecule has 0 atom stereocenters. The van der Waals surface area contributed by atoms with Crippen LogP contribution in [-0.2, 0) is 30.4 Å². The molecular weight excluding hydrogens is 428 g/mol. The first-order chi connectivity index (χ1) is 11.2. The predicted octanol–water partition coefficient (Wildman–Crippen LogP) is 3.01. The SMILES string of the molecule is COc1cccc(C=N[N-]C(=[SH+])Nc2ccccc2)c1[OH2+].[Cl][Pd+]. The summed E-state index contributed by atoms with van der Waals surface area (Å²) in [6.07, 6.45) is 1.49. The topological polar surface area (TPSA) is 70.6 Å². The summed E-state index contributed by atoms with van der Waals surface area (Å²) in [5.74, 6) is 0.770. The van der Waals surface area contributed by atoms with Gasteiger partial charge in [-0.15, -0.1) is 0 Å². The van der Waals surface area contributed by atoms with Crippen LogP contribution in [0.5, 0.6) is 11.5 Å². The molecular formula is C15H16ClN3O2PdS+2. The number of rotatable bonds is 4. The molecule has 2 aromatic carbocycles. The summed E-state index contributed by atoms with van der Waals surface area (Å²) in [7, 11) is 6.02. The third-order valence-corrected chi connectivity index (χ3v) is 2.86.